The fraction of sp³-hybridized carbons (Fsp3) is 0.600. The second-order valence-corrected chi connectivity index (χ2v) is 43.9. The van der Waals surface area contributed by atoms with Gasteiger partial charge in [0.25, 0.3) is 0 Å². The molecule has 2 saturated heterocycles. The molecule has 750 valence electrons. The van der Waals surface area contributed by atoms with E-state index in [2.05, 4.69) is 115 Å². The monoisotopic (exact) mass is 1900 g/mol. The number of methoxy groups -OCH3 is 2. The number of carbonyl (C=O) groups excluding carboxylic acids is 10. The molecule has 10 aliphatic rings. The van der Waals surface area contributed by atoms with Crippen molar-refractivity contribution in [1.82, 2.24) is 20.4 Å². The van der Waals surface area contributed by atoms with Crippen molar-refractivity contribution in [3.63, 3.8) is 0 Å². The van der Waals surface area contributed by atoms with E-state index < -0.39 is 62.1 Å². The van der Waals surface area contributed by atoms with Crippen LogP contribution in [0.4, 0.5) is 0 Å². The van der Waals surface area contributed by atoms with Crippen molar-refractivity contribution in [1.29, 1.82) is 0 Å². The number of rotatable bonds is 36. The number of ether oxygens (including phenoxy) is 2. The number of ketones is 6. The fourth-order valence-corrected chi connectivity index (χ4v) is 24.1. The molecular weight excluding hydrogens is 1740 g/mol. The minimum absolute atomic E-state index is 0.00925. The van der Waals surface area contributed by atoms with E-state index in [1.54, 1.807) is 42.2 Å². The van der Waals surface area contributed by atoms with Crippen molar-refractivity contribution in [3.8, 4) is 33.8 Å². The number of Topliss-reactive ketones (excluding diaryl/α,β-unsaturated/α-hetero) is 6. The van der Waals surface area contributed by atoms with Crippen LogP contribution >= 0.6 is 0 Å². The van der Waals surface area contributed by atoms with Crippen LogP contribution in [0.5, 0.6) is 11.5 Å². The molecule has 0 unspecified atom stereocenters. The number of nitrogens with two attached hydrogens (primary N) is 2. The largest absolute Gasteiger partial charge is 0.496 e. The van der Waals surface area contributed by atoms with Gasteiger partial charge in [-0.3, -0.25) is 47.9 Å². The molecule has 6 aromatic rings. The van der Waals surface area contributed by atoms with Gasteiger partial charge in [-0.05, 0) is 269 Å². The predicted octanol–water partition coefficient (Wildman–Crippen LogP) is 20.6. The maximum Gasteiger partial charge on any atom is 0.461 e. The molecule has 0 radical (unpaired) electrons. The highest BCUT2D eigenvalue weighted by Crippen LogP contribution is 2.68. The van der Waals surface area contributed by atoms with E-state index in [1.807, 2.05) is 98.8 Å². The number of benzene rings is 6. The van der Waals surface area contributed by atoms with E-state index >= 15 is 0 Å². The van der Waals surface area contributed by atoms with Gasteiger partial charge in [0, 0.05) is 87.4 Å². The molecule has 4 aliphatic heterocycles. The molecule has 8 bridgehead atoms. The van der Waals surface area contributed by atoms with Crippen molar-refractivity contribution in [2.24, 2.45) is 69.6 Å². The van der Waals surface area contributed by atoms with Crippen LogP contribution in [0.2, 0.25) is 11.6 Å². The Balaban J connectivity index is 0.000000234. The highest BCUT2D eigenvalue weighted by molar-refractivity contribution is 6.48. The van der Waals surface area contributed by atoms with Gasteiger partial charge in [-0.2, -0.15) is 0 Å². The number of nitrogens with zero attached hydrogens (tertiary/aromatic N) is 2. The van der Waals surface area contributed by atoms with Crippen molar-refractivity contribution >= 4 is 72.6 Å². The Kier molecular flexibility index (Phi) is 36.7. The third-order valence-corrected chi connectivity index (χ3v) is 33.4. The number of nitrogens with one attached hydrogen (secondary N) is 2. The number of aryl methyl sites for hydroxylation is 4. The third kappa shape index (κ3) is 25.0. The van der Waals surface area contributed by atoms with Crippen molar-refractivity contribution in [3.05, 3.63) is 178 Å². The molecule has 6 aromatic carbocycles. The summed E-state index contributed by atoms with van der Waals surface area (Å²) in [5.74, 6) is -2.52. The molecule has 16 rings (SSSR count). The zero-order valence-electron chi connectivity index (χ0n) is 86.0. The summed E-state index contributed by atoms with van der Waals surface area (Å²) in [7, 11) is 5.48. The Labute approximate surface area is 828 Å². The first-order valence-electron chi connectivity index (χ1n) is 52.6. The Morgan fingerprint density at radius 2 is 0.827 bits per heavy atom. The first-order chi connectivity index (χ1) is 66.5. The summed E-state index contributed by atoms with van der Waals surface area (Å²) in [5.41, 5.74) is 22.3. The van der Waals surface area contributed by atoms with Crippen LogP contribution in [-0.4, -0.2) is 159 Å². The summed E-state index contributed by atoms with van der Waals surface area (Å²) in [6, 6.07) is 39.8. The molecule has 8 fully saturated rings. The minimum Gasteiger partial charge on any atom is -0.496 e. The third-order valence-electron chi connectivity index (χ3n) is 33.4. The maximum atomic E-state index is 14.8. The van der Waals surface area contributed by atoms with E-state index in [0.717, 1.165) is 117 Å². The molecule has 4 amide bonds. The molecule has 24 heteroatoms. The molecule has 0 aromatic heterocycles. The Bertz CT molecular complexity index is 5260. The summed E-state index contributed by atoms with van der Waals surface area (Å²) in [4.78, 5) is 147. The second kappa shape index (κ2) is 47.7. The molecule has 18 atom stereocenters. The average Bonchev–Trinajstić information content (AvgIpc) is 1.58. The van der Waals surface area contributed by atoms with Crippen LogP contribution in [-0.2, 0) is 82.7 Å². The standard InChI is InChI=1S/C58H80BN3O8.C57H78BN3O8/c1-9-10-16-39-20-22-40(23-21-39)41-24-26-42(27-25-41)48(63)34-45(18-14-15-30-60)56(67)62(7)54-44-28-29-51(68-8)43(33-44)17-12-11-13-19-47(61-55(66)37(2)31-50(54)65)49(64)32-38(3)59-69-53-36-46-35-52(57(46,4)5)58(53,6)70-59;1-9-10-15-38-19-21-39(22-20-38)40-23-25-41(26-24-40)47(62)33-44(17-13-14-29-59)55(66)61(7)53-43-27-28-50(67-8)42(32-43)16-11-12-18-46(60-54(65)36(2)30-49(53)64)48(63)31-37(3)58-68-52-35-45-34-51(56(45,4)5)57(52,6)69-58/h20-29,33,37-38,45-47,52-54H,9-19,30-32,34-36,60H2,1-8H3,(H,61,66);19-28,32,36-37,44-46,51-53H,9-18,29-31,33-35,59H2,1-8H3,(H,60,65)/t37-,38-,45-,46+,47+,52+,53-,54+,58+;36-,37-,44-,45+,46+,51+,52-,53+,57+/m11/s1. The molecule has 6 N–H and O–H groups in total. The lowest BCUT2D eigenvalue weighted by molar-refractivity contribution is -0.199. The molecule has 0 spiro atoms. The van der Waals surface area contributed by atoms with Crippen LogP contribution in [0.3, 0.4) is 0 Å². The van der Waals surface area contributed by atoms with Gasteiger partial charge in [0.2, 0.25) is 23.6 Å². The first-order valence-corrected chi connectivity index (χ1v) is 52.6. The fourth-order valence-electron chi connectivity index (χ4n) is 24.1. The maximum absolute atomic E-state index is 14.8. The summed E-state index contributed by atoms with van der Waals surface area (Å²) in [5, 5.41) is 6.11. The molecule has 6 saturated carbocycles. The minimum atomic E-state index is -1.04. The number of hydrogen-bond donors (Lipinski definition) is 4. The van der Waals surface area contributed by atoms with E-state index in [9.17, 15) is 47.9 Å². The van der Waals surface area contributed by atoms with Gasteiger partial charge in [-0.1, -0.05) is 223 Å². The lowest BCUT2D eigenvalue weighted by atomic mass is 9.43. The quantitative estimate of drug-likeness (QED) is 0.0161. The zero-order valence-corrected chi connectivity index (χ0v) is 86.0. The second-order valence-electron chi connectivity index (χ2n) is 43.9. The number of likely N-dealkylation sites (N-methyl/N-ethyl adjacent to an activating group) is 2. The smallest absolute Gasteiger partial charge is 0.461 e. The van der Waals surface area contributed by atoms with Crippen LogP contribution in [0.1, 0.15) is 323 Å². The Hall–Kier alpha value is -9.29. The number of fused-ring (bicyclic) bond motifs is 4. The predicted molar refractivity (Wildman–Crippen MR) is 548 cm³/mol. The molecule has 4 heterocycles. The average molecular weight is 1900 g/mol. The van der Waals surface area contributed by atoms with Gasteiger partial charge in [-0.15, -0.1) is 0 Å². The van der Waals surface area contributed by atoms with E-state index in [0.29, 0.717) is 148 Å². The van der Waals surface area contributed by atoms with E-state index in [-0.39, 0.29) is 143 Å². The van der Waals surface area contributed by atoms with Crippen molar-refractivity contribution in [2.75, 3.05) is 41.4 Å². The zero-order chi connectivity index (χ0) is 100.0. The lowest BCUT2D eigenvalue weighted by Gasteiger charge is -2.64. The van der Waals surface area contributed by atoms with Crippen LogP contribution in [0.15, 0.2) is 133 Å². The first kappa shape index (κ1) is 107. The van der Waals surface area contributed by atoms with Crippen LogP contribution in [0, 0.1) is 58.2 Å². The van der Waals surface area contributed by atoms with Gasteiger partial charge in [0.1, 0.15) is 23.6 Å². The van der Waals surface area contributed by atoms with Crippen molar-refractivity contribution < 1.29 is 76.0 Å². The van der Waals surface area contributed by atoms with Gasteiger partial charge in [0.15, 0.2) is 34.7 Å². The molecule has 139 heavy (non-hydrogen) atoms. The highest BCUT2D eigenvalue weighted by atomic mass is 16.7. The molecule has 6 aliphatic carbocycles. The van der Waals surface area contributed by atoms with Crippen molar-refractivity contribution in [2.45, 2.75) is 341 Å². The van der Waals surface area contributed by atoms with Gasteiger partial charge < -0.3 is 60.0 Å². The highest BCUT2D eigenvalue weighted by Gasteiger charge is 2.70. The Morgan fingerprint density at radius 1 is 0.468 bits per heavy atom. The number of carbonyl (C=O) groups is 10. The number of unbranched alkanes of at least 4 members (excludes halogenated alkanes) is 4. The van der Waals surface area contributed by atoms with Gasteiger partial charge in [-0.25, -0.2) is 0 Å². The SMILES string of the molecule is CCCCc1ccc(-c2ccc(C(=O)C[C@@H](CCCCN)C(=O)N(C)[C@@H]3C(=O)C[C@@H](C)C(=O)N[C@H](C(=O)C[C@@H](C)B4O[C@@H]5C[C@@H]6C[C@@H](C6(C)C)[C@]5(C)O4)CCCCCc4cc3ccc4OC)cc2)cc1.CCCCc1ccc(-c2ccc(C(=O)C[C@@H](CCCCN)C(=O)N(C)[C@@H]3C(=O)C[C@@H](C)C(=O)N[C@H](C(=O)C[C@@H](C)B4O[C@@H]5C[C@@H]6C[C@@H](C6(C)C)[C@]5(C)O4)CCCCc4cc3ccc4OC)cc2)cc1. The Morgan fingerprint density at radius 3 is 1.18 bits per heavy atom. The van der Waals surface area contributed by atoms with Gasteiger partial charge in [0.05, 0.1) is 49.7 Å². The summed E-state index contributed by atoms with van der Waals surface area (Å²) < 4.78 is 38.1. The number of hydrogen-bond acceptors (Lipinski definition) is 18. The summed E-state index contributed by atoms with van der Waals surface area (Å²) >= 11 is 0. The van der Waals surface area contributed by atoms with E-state index in [4.69, 9.17) is 39.6 Å². The van der Waals surface area contributed by atoms with E-state index in [1.165, 1.54) is 20.9 Å². The number of amides is 4. The molecule has 22 nitrogen and oxygen atoms in total. The topological polar surface area (TPSA) is 309 Å². The lowest BCUT2D eigenvalue weighted by Crippen LogP contribution is -2.65. The van der Waals surface area contributed by atoms with Crippen LogP contribution in [0.25, 0.3) is 22.3 Å². The summed E-state index contributed by atoms with van der Waals surface area (Å²) in [6.45, 7) is 26.3. The molecular formula is C115H158B2N6O16. The summed E-state index contributed by atoms with van der Waals surface area (Å²) in [6.07, 6.45) is 20.3. The van der Waals surface area contributed by atoms with Gasteiger partial charge >= 0.3 is 14.2 Å². The van der Waals surface area contributed by atoms with Crippen LogP contribution < -0.4 is 31.6 Å². The normalized spacial score (nSPS) is 26.4.